The minimum atomic E-state index is -0.674. The van der Waals surface area contributed by atoms with Gasteiger partial charge in [0.2, 0.25) is 0 Å². The van der Waals surface area contributed by atoms with Crippen molar-refractivity contribution in [3.8, 4) is 0 Å². The Morgan fingerprint density at radius 1 is 1.45 bits per heavy atom. The molecule has 1 aromatic carbocycles. The fraction of sp³-hybridized carbons (Fsp3) is 0.438. The predicted molar refractivity (Wildman–Crippen MR) is 85.4 cm³/mol. The molecular weight excluding hydrogens is 270 g/mol. The van der Waals surface area contributed by atoms with Gasteiger partial charge in [-0.1, -0.05) is 18.2 Å². The minimum Gasteiger partial charge on any atom is -0.481 e. The third kappa shape index (κ3) is 4.04. The van der Waals surface area contributed by atoms with Gasteiger partial charge in [-0.15, -0.1) is 6.58 Å². The van der Waals surface area contributed by atoms with Crippen LogP contribution in [0.3, 0.4) is 0 Å². The molecule has 0 saturated carbocycles. The van der Waals surface area contributed by atoms with Crippen LogP contribution in [0.1, 0.15) is 18.4 Å². The van der Waals surface area contributed by atoms with Gasteiger partial charge >= 0.3 is 5.97 Å². The van der Waals surface area contributed by atoms with Crippen molar-refractivity contribution < 1.29 is 9.90 Å². The van der Waals surface area contributed by atoms with Crippen LogP contribution in [0.15, 0.2) is 36.9 Å². The monoisotopic (exact) mass is 291 g/mol. The second kappa shape index (κ2) is 7.39. The third-order valence-corrected chi connectivity index (χ3v) is 4.59. The molecule has 2 rings (SSSR count). The highest BCUT2D eigenvalue weighted by Gasteiger charge is 2.25. The van der Waals surface area contributed by atoms with Gasteiger partial charge in [-0.2, -0.15) is 11.8 Å². The lowest BCUT2D eigenvalue weighted by Gasteiger charge is -2.32. The van der Waals surface area contributed by atoms with E-state index in [1.54, 1.807) is 0 Å². The zero-order valence-electron chi connectivity index (χ0n) is 11.6. The Balaban J connectivity index is 1.95. The van der Waals surface area contributed by atoms with Crippen LogP contribution in [0.5, 0.6) is 0 Å². The lowest BCUT2D eigenvalue weighted by molar-refractivity contribution is -0.141. The molecule has 1 aliphatic rings. The van der Waals surface area contributed by atoms with Gasteiger partial charge in [0.05, 0.1) is 5.92 Å². The van der Waals surface area contributed by atoms with E-state index in [0.29, 0.717) is 6.54 Å². The molecule has 3 nitrogen and oxygen atoms in total. The second-order valence-electron chi connectivity index (χ2n) is 5.09. The zero-order chi connectivity index (χ0) is 14.4. The van der Waals surface area contributed by atoms with Crippen molar-refractivity contribution in [3.05, 3.63) is 42.5 Å². The number of nitrogens with zero attached hydrogens (tertiary/aromatic N) is 1. The highest BCUT2D eigenvalue weighted by molar-refractivity contribution is 7.98. The maximum absolute atomic E-state index is 11.1. The van der Waals surface area contributed by atoms with Crippen LogP contribution in [0.2, 0.25) is 0 Å². The number of thioether (sulfide) groups is 1. The number of aliphatic carboxylic acids is 1. The van der Waals surface area contributed by atoms with Crippen LogP contribution in [0.25, 0.3) is 0 Å². The molecule has 0 amide bonds. The number of piperidine rings is 1. The molecule has 0 bridgehead atoms. The van der Waals surface area contributed by atoms with Gasteiger partial charge in [-0.25, -0.2) is 0 Å². The summed E-state index contributed by atoms with van der Waals surface area (Å²) in [6.07, 6.45) is 3.66. The molecule has 108 valence electrons. The molecule has 0 aliphatic carbocycles. The molecule has 1 aliphatic heterocycles. The molecule has 0 aromatic heterocycles. The Morgan fingerprint density at radius 2 is 2.20 bits per heavy atom. The van der Waals surface area contributed by atoms with E-state index in [1.807, 2.05) is 17.8 Å². The molecule has 1 aromatic rings. The van der Waals surface area contributed by atoms with E-state index < -0.39 is 5.97 Å². The number of anilines is 1. The van der Waals surface area contributed by atoms with Crippen LogP contribution in [-0.2, 0) is 10.5 Å². The Bertz CT molecular complexity index is 458. The maximum atomic E-state index is 11.1. The van der Waals surface area contributed by atoms with Crippen molar-refractivity contribution in [1.82, 2.24) is 0 Å². The second-order valence-corrected chi connectivity index (χ2v) is 6.12. The molecule has 1 saturated heterocycles. The minimum absolute atomic E-state index is 0.230. The highest BCUT2D eigenvalue weighted by Crippen LogP contribution is 2.24. The van der Waals surface area contributed by atoms with Crippen molar-refractivity contribution in [1.29, 1.82) is 0 Å². The first-order valence-corrected chi connectivity index (χ1v) is 8.11. The predicted octanol–water partition coefficient (Wildman–Crippen LogP) is 3.41. The van der Waals surface area contributed by atoms with Gasteiger partial charge in [-0.05, 0) is 30.5 Å². The lowest BCUT2D eigenvalue weighted by atomic mass is 9.98. The van der Waals surface area contributed by atoms with E-state index in [4.69, 9.17) is 5.11 Å². The molecule has 1 N–H and O–H groups in total. The largest absolute Gasteiger partial charge is 0.481 e. The molecule has 0 spiro atoms. The average molecular weight is 291 g/mol. The molecule has 1 atom stereocenters. The van der Waals surface area contributed by atoms with Crippen molar-refractivity contribution in [2.24, 2.45) is 5.92 Å². The number of hydrogen-bond donors (Lipinski definition) is 1. The van der Waals surface area contributed by atoms with E-state index in [9.17, 15) is 4.79 Å². The molecular formula is C16H21NO2S. The Hall–Kier alpha value is -1.42. The van der Waals surface area contributed by atoms with Crippen molar-refractivity contribution in [2.45, 2.75) is 18.6 Å². The molecule has 0 radical (unpaired) electrons. The van der Waals surface area contributed by atoms with Crippen LogP contribution in [0, 0.1) is 5.92 Å². The summed E-state index contributed by atoms with van der Waals surface area (Å²) in [5, 5.41) is 9.13. The fourth-order valence-corrected chi connectivity index (χ4v) is 3.19. The topological polar surface area (TPSA) is 40.5 Å². The van der Waals surface area contributed by atoms with Gasteiger partial charge in [-0.3, -0.25) is 4.79 Å². The number of carbonyl (C=O) groups is 1. The van der Waals surface area contributed by atoms with Gasteiger partial charge < -0.3 is 10.0 Å². The van der Waals surface area contributed by atoms with Gasteiger partial charge in [0.25, 0.3) is 0 Å². The van der Waals surface area contributed by atoms with Crippen molar-refractivity contribution >= 4 is 23.4 Å². The average Bonchev–Trinajstić information content (AvgIpc) is 2.48. The Kier molecular flexibility index (Phi) is 5.53. The summed E-state index contributed by atoms with van der Waals surface area (Å²) in [5.41, 5.74) is 2.43. The third-order valence-electron chi connectivity index (χ3n) is 3.58. The highest BCUT2D eigenvalue weighted by atomic mass is 32.2. The summed E-state index contributed by atoms with van der Waals surface area (Å²) in [4.78, 5) is 13.3. The van der Waals surface area contributed by atoms with E-state index in [1.165, 1.54) is 5.56 Å². The van der Waals surface area contributed by atoms with Crippen LogP contribution in [-0.4, -0.2) is 29.9 Å². The van der Waals surface area contributed by atoms with Gasteiger partial charge in [0.1, 0.15) is 0 Å². The molecule has 1 heterocycles. The van der Waals surface area contributed by atoms with E-state index in [-0.39, 0.29) is 5.92 Å². The summed E-state index contributed by atoms with van der Waals surface area (Å²) in [5.74, 6) is 1.05. The van der Waals surface area contributed by atoms with Crippen molar-refractivity contribution in [3.63, 3.8) is 0 Å². The normalized spacial score (nSPS) is 18.8. The first kappa shape index (κ1) is 15.0. The van der Waals surface area contributed by atoms with Gasteiger partial charge in [0, 0.05) is 30.3 Å². The molecule has 1 unspecified atom stereocenters. The molecule has 20 heavy (non-hydrogen) atoms. The fourth-order valence-electron chi connectivity index (χ4n) is 2.48. The number of benzene rings is 1. The summed E-state index contributed by atoms with van der Waals surface area (Å²) >= 11 is 1.84. The Morgan fingerprint density at radius 3 is 2.85 bits per heavy atom. The maximum Gasteiger partial charge on any atom is 0.308 e. The summed E-state index contributed by atoms with van der Waals surface area (Å²) < 4.78 is 0. The first-order chi connectivity index (χ1) is 9.70. The quantitative estimate of drug-likeness (QED) is 0.644. The van der Waals surface area contributed by atoms with Crippen LogP contribution >= 0.6 is 11.8 Å². The van der Waals surface area contributed by atoms with Crippen molar-refractivity contribution in [2.75, 3.05) is 23.7 Å². The molecule has 1 fully saturated rings. The smallest absolute Gasteiger partial charge is 0.308 e. The number of carboxylic acids is 1. The number of rotatable bonds is 6. The van der Waals surface area contributed by atoms with Crippen LogP contribution < -0.4 is 4.90 Å². The summed E-state index contributed by atoms with van der Waals surface area (Å²) in [7, 11) is 0. The first-order valence-electron chi connectivity index (χ1n) is 6.96. The Labute approximate surface area is 124 Å². The number of hydrogen-bond acceptors (Lipinski definition) is 3. The summed E-state index contributed by atoms with van der Waals surface area (Å²) in [6.45, 7) is 5.29. The standard InChI is InChI=1S/C16H21NO2S/c1-2-10-20-12-13-5-7-15(8-6-13)17-9-3-4-14(11-17)16(18)19/h2,5-8,14H,1,3-4,9-12H2,(H,18,19). The summed E-state index contributed by atoms with van der Waals surface area (Å²) in [6, 6.07) is 8.48. The number of carboxylic acid groups (broad SMARTS) is 1. The SMILES string of the molecule is C=CCSCc1ccc(N2CCCC(C(=O)O)C2)cc1. The lowest BCUT2D eigenvalue weighted by Crippen LogP contribution is -2.38. The van der Waals surface area contributed by atoms with Crippen LogP contribution in [0.4, 0.5) is 5.69 Å². The van der Waals surface area contributed by atoms with E-state index in [0.717, 1.165) is 36.6 Å². The van der Waals surface area contributed by atoms with E-state index >= 15 is 0 Å². The van der Waals surface area contributed by atoms with E-state index in [2.05, 4.69) is 35.7 Å². The van der Waals surface area contributed by atoms with Gasteiger partial charge in [0.15, 0.2) is 0 Å². The zero-order valence-corrected chi connectivity index (χ0v) is 12.4. The molecule has 4 heteroatoms.